The third-order valence-electron chi connectivity index (χ3n) is 3.68. The van der Waals surface area contributed by atoms with Crippen molar-refractivity contribution in [2.24, 2.45) is 0 Å². The molecule has 0 aromatic heterocycles. The fraction of sp³-hybridized carbons (Fsp3) is 0.300. The third kappa shape index (κ3) is 5.24. The quantitative estimate of drug-likeness (QED) is 0.720. The molecule has 26 heavy (non-hydrogen) atoms. The average Bonchev–Trinajstić information content (AvgIpc) is 2.63. The van der Waals surface area contributed by atoms with Gasteiger partial charge in [0.25, 0.3) is 5.91 Å². The molecule has 0 aliphatic rings. The fourth-order valence-electron chi connectivity index (χ4n) is 2.47. The first-order valence-corrected chi connectivity index (χ1v) is 8.55. The highest BCUT2D eigenvalue weighted by molar-refractivity contribution is 5.94. The van der Waals surface area contributed by atoms with Gasteiger partial charge in [-0.25, -0.2) is 4.79 Å². The summed E-state index contributed by atoms with van der Waals surface area (Å²) in [4.78, 5) is 23.3. The second-order valence-corrected chi connectivity index (χ2v) is 5.54. The largest absolute Gasteiger partial charge is 0.490 e. The Morgan fingerprint density at radius 2 is 1.69 bits per heavy atom. The number of ether oxygens (including phenoxy) is 2. The zero-order valence-corrected chi connectivity index (χ0v) is 15.0. The molecule has 138 valence electrons. The van der Waals surface area contributed by atoms with Crippen molar-refractivity contribution in [3.05, 3.63) is 59.2 Å². The molecule has 0 saturated heterocycles. The van der Waals surface area contributed by atoms with Gasteiger partial charge in [-0.3, -0.25) is 4.79 Å². The number of hydrogen-bond donors (Lipinski definition) is 2. The summed E-state index contributed by atoms with van der Waals surface area (Å²) < 4.78 is 11.0. The topological polar surface area (TPSA) is 84.9 Å². The monoisotopic (exact) mass is 357 g/mol. The van der Waals surface area contributed by atoms with Crippen molar-refractivity contribution >= 4 is 11.9 Å². The van der Waals surface area contributed by atoms with E-state index in [9.17, 15) is 9.59 Å². The van der Waals surface area contributed by atoms with Crippen molar-refractivity contribution in [2.45, 2.75) is 20.3 Å². The highest BCUT2D eigenvalue weighted by Crippen LogP contribution is 2.28. The molecule has 0 aliphatic heterocycles. The van der Waals surface area contributed by atoms with Gasteiger partial charge in [0.2, 0.25) is 0 Å². The van der Waals surface area contributed by atoms with Gasteiger partial charge in [-0.2, -0.15) is 0 Å². The lowest BCUT2D eigenvalue weighted by molar-refractivity contribution is 0.0696. The van der Waals surface area contributed by atoms with Gasteiger partial charge in [-0.05, 0) is 56.2 Å². The number of amides is 1. The van der Waals surface area contributed by atoms with Gasteiger partial charge < -0.3 is 19.9 Å². The average molecular weight is 357 g/mol. The normalized spacial score (nSPS) is 10.2. The molecule has 0 aliphatic carbocycles. The summed E-state index contributed by atoms with van der Waals surface area (Å²) in [5.74, 6) is -0.0373. The lowest BCUT2D eigenvalue weighted by Gasteiger charge is -2.12. The molecule has 6 heteroatoms. The molecule has 2 rings (SSSR count). The maximum Gasteiger partial charge on any atom is 0.335 e. The summed E-state index contributed by atoms with van der Waals surface area (Å²) in [6, 6.07) is 11.8. The summed E-state index contributed by atoms with van der Waals surface area (Å²) in [5.41, 5.74) is 1.57. The molecular weight excluding hydrogens is 334 g/mol. The van der Waals surface area contributed by atoms with E-state index in [1.54, 1.807) is 36.4 Å². The molecule has 2 N–H and O–H groups in total. The van der Waals surface area contributed by atoms with E-state index in [-0.39, 0.29) is 11.5 Å². The molecule has 0 atom stereocenters. The number of nitrogens with one attached hydrogen (secondary N) is 1. The number of hydrogen-bond acceptors (Lipinski definition) is 4. The minimum atomic E-state index is -0.964. The summed E-state index contributed by atoms with van der Waals surface area (Å²) in [6.07, 6.45) is 0.544. The van der Waals surface area contributed by atoms with Crippen LogP contribution < -0.4 is 14.8 Å². The zero-order chi connectivity index (χ0) is 18.9. The standard InChI is InChI=1S/C20H23NO5/c1-3-25-17-9-8-15(13-18(17)26-4-2)19(22)21-11-10-14-6-5-7-16(12-14)20(23)24/h5-9,12-13H,3-4,10-11H2,1-2H3,(H,21,22)(H,23,24). The van der Waals surface area contributed by atoms with Crippen LogP contribution in [0.3, 0.4) is 0 Å². The van der Waals surface area contributed by atoms with Crippen LogP contribution in [0.4, 0.5) is 0 Å². The molecule has 0 radical (unpaired) electrons. The molecule has 0 fully saturated rings. The molecule has 0 heterocycles. The SMILES string of the molecule is CCOc1ccc(C(=O)NCCc2cccc(C(=O)O)c2)cc1OCC. The van der Waals surface area contributed by atoms with E-state index in [1.165, 1.54) is 0 Å². The molecule has 0 bridgehead atoms. The number of carbonyl (C=O) groups excluding carboxylic acids is 1. The Morgan fingerprint density at radius 3 is 2.38 bits per heavy atom. The molecule has 0 saturated carbocycles. The van der Waals surface area contributed by atoms with Crippen molar-refractivity contribution in [3.63, 3.8) is 0 Å². The molecule has 2 aromatic carbocycles. The summed E-state index contributed by atoms with van der Waals surface area (Å²) >= 11 is 0. The predicted molar refractivity (Wildman–Crippen MR) is 98.2 cm³/mol. The summed E-state index contributed by atoms with van der Waals surface area (Å²) in [5, 5.41) is 11.8. The minimum absolute atomic E-state index is 0.219. The van der Waals surface area contributed by atoms with Gasteiger partial charge in [0.15, 0.2) is 11.5 Å². The fourth-order valence-corrected chi connectivity index (χ4v) is 2.47. The van der Waals surface area contributed by atoms with Crippen molar-refractivity contribution < 1.29 is 24.2 Å². The van der Waals surface area contributed by atoms with E-state index >= 15 is 0 Å². The van der Waals surface area contributed by atoms with Crippen LogP contribution in [0.15, 0.2) is 42.5 Å². The summed E-state index contributed by atoms with van der Waals surface area (Å²) in [6.45, 7) is 5.15. The highest BCUT2D eigenvalue weighted by Gasteiger charge is 2.11. The first kappa shape index (κ1) is 19.3. The van der Waals surface area contributed by atoms with Crippen molar-refractivity contribution in [2.75, 3.05) is 19.8 Å². The Labute approximate surface area is 152 Å². The van der Waals surface area contributed by atoms with Crippen molar-refractivity contribution in [1.82, 2.24) is 5.32 Å². The first-order chi connectivity index (χ1) is 12.5. The maximum atomic E-state index is 12.3. The zero-order valence-electron chi connectivity index (χ0n) is 15.0. The number of benzene rings is 2. The Bertz CT molecular complexity index is 773. The number of carboxylic acid groups (broad SMARTS) is 1. The lowest BCUT2D eigenvalue weighted by atomic mass is 10.1. The number of carboxylic acids is 1. The van der Waals surface area contributed by atoms with Gasteiger partial charge in [-0.15, -0.1) is 0 Å². The van der Waals surface area contributed by atoms with Crippen LogP contribution in [0.25, 0.3) is 0 Å². The molecule has 0 unspecified atom stereocenters. The van der Waals surface area contributed by atoms with E-state index in [2.05, 4.69) is 5.32 Å². The Kier molecular flexibility index (Phi) is 7.02. The molecule has 1 amide bonds. The second kappa shape index (κ2) is 9.46. The van der Waals surface area contributed by atoms with Crippen molar-refractivity contribution in [3.8, 4) is 11.5 Å². The lowest BCUT2D eigenvalue weighted by Crippen LogP contribution is -2.25. The second-order valence-electron chi connectivity index (χ2n) is 5.54. The van der Waals surface area contributed by atoms with Gasteiger partial charge in [0.1, 0.15) is 0 Å². The molecule has 6 nitrogen and oxygen atoms in total. The van der Waals surface area contributed by atoms with E-state index in [0.29, 0.717) is 43.2 Å². The van der Waals surface area contributed by atoms with Crippen LogP contribution in [0.5, 0.6) is 11.5 Å². The van der Waals surface area contributed by atoms with Gasteiger partial charge >= 0.3 is 5.97 Å². The Balaban J connectivity index is 1.98. The molecule has 2 aromatic rings. The smallest absolute Gasteiger partial charge is 0.335 e. The Morgan fingerprint density at radius 1 is 0.962 bits per heavy atom. The van der Waals surface area contributed by atoms with Gasteiger partial charge in [-0.1, -0.05) is 12.1 Å². The maximum absolute atomic E-state index is 12.3. The summed E-state index contributed by atoms with van der Waals surface area (Å²) in [7, 11) is 0. The highest BCUT2D eigenvalue weighted by atomic mass is 16.5. The van der Waals surface area contributed by atoms with Crippen LogP contribution in [-0.2, 0) is 6.42 Å². The molecular formula is C20H23NO5. The first-order valence-electron chi connectivity index (χ1n) is 8.55. The minimum Gasteiger partial charge on any atom is -0.490 e. The van der Waals surface area contributed by atoms with E-state index < -0.39 is 5.97 Å². The van der Waals surface area contributed by atoms with Crippen LogP contribution in [0.2, 0.25) is 0 Å². The van der Waals surface area contributed by atoms with E-state index in [1.807, 2.05) is 19.9 Å². The van der Waals surface area contributed by atoms with Gasteiger partial charge in [0.05, 0.1) is 18.8 Å². The van der Waals surface area contributed by atoms with Crippen LogP contribution >= 0.6 is 0 Å². The number of carbonyl (C=O) groups is 2. The Hall–Kier alpha value is -3.02. The van der Waals surface area contributed by atoms with Gasteiger partial charge in [0, 0.05) is 12.1 Å². The van der Waals surface area contributed by atoms with Crippen molar-refractivity contribution in [1.29, 1.82) is 0 Å². The molecule has 0 spiro atoms. The van der Waals surface area contributed by atoms with Crippen LogP contribution in [-0.4, -0.2) is 36.7 Å². The van der Waals surface area contributed by atoms with Crippen LogP contribution in [0, 0.1) is 0 Å². The van der Waals surface area contributed by atoms with E-state index in [4.69, 9.17) is 14.6 Å². The van der Waals surface area contributed by atoms with Crippen LogP contribution in [0.1, 0.15) is 40.1 Å². The number of aromatic carboxylic acids is 1. The predicted octanol–water partition coefficient (Wildman–Crippen LogP) is 3.15. The third-order valence-corrected chi connectivity index (χ3v) is 3.68. The van der Waals surface area contributed by atoms with E-state index in [0.717, 1.165) is 5.56 Å². The number of rotatable bonds is 9.